The maximum absolute atomic E-state index is 5.68. The zero-order valence-corrected chi connectivity index (χ0v) is 16.2. The molecule has 6 nitrogen and oxygen atoms in total. The van der Waals surface area contributed by atoms with Crippen LogP contribution in [0.2, 0.25) is 0 Å². The number of rotatable bonds is 4. The molecule has 4 aromatic rings. The number of nitrogen functional groups attached to an aromatic ring is 1. The van der Waals surface area contributed by atoms with E-state index in [4.69, 9.17) is 10.3 Å². The summed E-state index contributed by atoms with van der Waals surface area (Å²) in [5.74, 6) is 1.04. The second-order valence-electron chi connectivity index (χ2n) is 7.61. The standard InChI is InChI=1S/C23H21N5O/c1-15-3-4-17(12-25-15)20-11-21(28-29-20)23(9-2-10-23)19-7-5-16(6-8-19)18-13-26-22(24)27-14-18/h3-8,11-14H,2,9-10H2,1H3,(H2,24,26,27). The molecule has 0 amide bonds. The molecular weight excluding hydrogens is 362 g/mol. The number of pyridine rings is 1. The smallest absolute Gasteiger partial charge is 0.219 e. The van der Waals surface area contributed by atoms with Crippen molar-refractivity contribution >= 4 is 5.95 Å². The van der Waals surface area contributed by atoms with E-state index in [1.165, 1.54) is 12.0 Å². The molecule has 0 spiro atoms. The highest BCUT2D eigenvalue weighted by atomic mass is 16.5. The van der Waals surface area contributed by atoms with Gasteiger partial charge in [0.2, 0.25) is 5.95 Å². The number of aromatic nitrogens is 4. The van der Waals surface area contributed by atoms with Crippen LogP contribution in [0.4, 0.5) is 5.95 Å². The Hall–Kier alpha value is -3.54. The van der Waals surface area contributed by atoms with Gasteiger partial charge in [0.25, 0.3) is 0 Å². The molecule has 29 heavy (non-hydrogen) atoms. The van der Waals surface area contributed by atoms with Gasteiger partial charge in [0.05, 0.1) is 5.69 Å². The number of nitrogens with two attached hydrogens (primary N) is 1. The van der Waals surface area contributed by atoms with Crippen LogP contribution in [0.3, 0.4) is 0 Å². The largest absolute Gasteiger partial charge is 0.368 e. The first-order chi connectivity index (χ1) is 14.1. The van der Waals surface area contributed by atoms with Crippen LogP contribution in [0.5, 0.6) is 0 Å². The van der Waals surface area contributed by atoms with Crippen molar-refractivity contribution in [2.75, 3.05) is 5.73 Å². The molecule has 6 heteroatoms. The average Bonchev–Trinajstić information content (AvgIpc) is 3.19. The van der Waals surface area contributed by atoms with Crippen LogP contribution in [-0.2, 0) is 5.41 Å². The highest BCUT2D eigenvalue weighted by Crippen LogP contribution is 2.49. The fourth-order valence-corrected chi connectivity index (χ4v) is 3.94. The zero-order chi connectivity index (χ0) is 19.8. The lowest BCUT2D eigenvalue weighted by molar-refractivity contribution is 0.277. The van der Waals surface area contributed by atoms with Gasteiger partial charge in [-0.3, -0.25) is 4.98 Å². The molecule has 1 fully saturated rings. The summed E-state index contributed by atoms with van der Waals surface area (Å²) >= 11 is 0. The normalized spacial score (nSPS) is 15.1. The maximum atomic E-state index is 5.68. The van der Waals surface area contributed by atoms with Gasteiger partial charge >= 0.3 is 0 Å². The highest BCUT2D eigenvalue weighted by Gasteiger charge is 2.43. The molecule has 1 aliphatic carbocycles. The molecule has 0 unspecified atom stereocenters. The van der Waals surface area contributed by atoms with Crippen LogP contribution in [0, 0.1) is 6.92 Å². The Labute approximate surface area is 168 Å². The van der Waals surface area contributed by atoms with Crippen molar-refractivity contribution in [3.63, 3.8) is 0 Å². The lowest BCUT2D eigenvalue weighted by Gasteiger charge is -2.40. The highest BCUT2D eigenvalue weighted by molar-refractivity contribution is 5.63. The number of hydrogen-bond acceptors (Lipinski definition) is 6. The molecule has 3 aromatic heterocycles. The van der Waals surface area contributed by atoms with Crippen molar-refractivity contribution < 1.29 is 4.52 Å². The molecule has 0 saturated heterocycles. The summed E-state index contributed by atoms with van der Waals surface area (Å²) in [6.45, 7) is 1.97. The van der Waals surface area contributed by atoms with E-state index in [1.807, 2.05) is 25.3 Å². The Morgan fingerprint density at radius 3 is 2.17 bits per heavy atom. The van der Waals surface area contributed by atoms with Gasteiger partial charge in [-0.25, -0.2) is 9.97 Å². The van der Waals surface area contributed by atoms with E-state index < -0.39 is 0 Å². The Balaban J connectivity index is 1.46. The average molecular weight is 383 g/mol. The minimum atomic E-state index is -0.0873. The third kappa shape index (κ3) is 3.06. The van der Waals surface area contributed by atoms with Gasteiger partial charge < -0.3 is 10.3 Å². The molecule has 0 aliphatic heterocycles. The quantitative estimate of drug-likeness (QED) is 0.556. The Bertz CT molecular complexity index is 1130. The molecule has 1 aromatic carbocycles. The molecule has 3 heterocycles. The van der Waals surface area contributed by atoms with Crippen molar-refractivity contribution in [1.82, 2.24) is 20.1 Å². The third-order valence-corrected chi connectivity index (χ3v) is 5.85. The monoisotopic (exact) mass is 383 g/mol. The Morgan fingerprint density at radius 1 is 0.862 bits per heavy atom. The minimum Gasteiger partial charge on any atom is -0.368 e. The molecule has 5 rings (SSSR count). The second kappa shape index (κ2) is 6.81. The van der Waals surface area contributed by atoms with E-state index in [1.54, 1.807) is 12.4 Å². The second-order valence-corrected chi connectivity index (χ2v) is 7.61. The van der Waals surface area contributed by atoms with Gasteiger partial charge in [-0.1, -0.05) is 35.8 Å². The minimum absolute atomic E-state index is 0.0873. The first-order valence-electron chi connectivity index (χ1n) is 9.73. The van der Waals surface area contributed by atoms with Crippen LogP contribution < -0.4 is 5.73 Å². The first kappa shape index (κ1) is 17.6. The molecule has 1 saturated carbocycles. The van der Waals surface area contributed by atoms with Crippen molar-refractivity contribution in [1.29, 1.82) is 0 Å². The Morgan fingerprint density at radius 2 is 1.55 bits per heavy atom. The summed E-state index contributed by atoms with van der Waals surface area (Å²) in [5, 5.41) is 4.44. The van der Waals surface area contributed by atoms with E-state index >= 15 is 0 Å². The number of hydrogen-bond donors (Lipinski definition) is 1. The van der Waals surface area contributed by atoms with E-state index in [9.17, 15) is 0 Å². The van der Waals surface area contributed by atoms with Crippen molar-refractivity contribution in [2.45, 2.75) is 31.6 Å². The number of aryl methyl sites for hydroxylation is 1. The summed E-state index contributed by atoms with van der Waals surface area (Å²) in [6.07, 6.45) is 8.63. The fourth-order valence-electron chi connectivity index (χ4n) is 3.94. The SMILES string of the molecule is Cc1ccc(-c2cc(C3(c4ccc(-c5cnc(N)nc5)cc4)CCC3)no2)cn1. The molecule has 2 N–H and O–H groups in total. The van der Waals surface area contributed by atoms with Gasteiger partial charge in [-0.2, -0.15) is 0 Å². The lowest BCUT2D eigenvalue weighted by Crippen LogP contribution is -2.35. The molecule has 0 atom stereocenters. The summed E-state index contributed by atoms with van der Waals surface area (Å²) < 4.78 is 5.68. The van der Waals surface area contributed by atoms with Gasteiger partial charge in [0.15, 0.2) is 5.76 Å². The lowest BCUT2D eigenvalue weighted by atomic mass is 9.62. The van der Waals surface area contributed by atoms with Crippen LogP contribution >= 0.6 is 0 Å². The fraction of sp³-hybridized carbons (Fsp3) is 0.217. The molecule has 0 radical (unpaired) electrons. The van der Waals surface area contributed by atoms with Gasteiger partial charge in [-0.15, -0.1) is 0 Å². The van der Waals surface area contributed by atoms with Gasteiger partial charge in [0, 0.05) is 46.9 Å². The van der Waals surface area contributed by atoms with Crippen LogP contribution in [0.25, 0.3) is 22.5 Å². The molecule has 0 bridgehead atoms. The van der Waals surface area contributed by atoms with E-state index in [-0.39, 0.29) is 11.4 Å². The topological polar surface area (TPSA) is 90.7 Å². The van der Waals surface area contributed by atoms with Crippen molar-refractivity contribution in [3.05, 3.63) is 78.0 Å². The molecular formula is C23H21N5O. The third-order valence-electron chi connectivity index (χ3n) is 5.85. The maximum Gasteiger partial charge on any atom is 0.219 e. The predicted octanol–water partition coefficient (Wildman–Crippen LogP) is 4.55. The van der Waals surface area contributed by atoms with Gasteiger partial charge in [0.1, 0.15) is 0 Å². The van der Waals surface area contributed by atoms with Crippen molar-refractivity contribution in [2.24, 2.45) is 0 Å². The van der Waals surface area contributed by atoms with E-state index in [0.29, 0.717) is 0 Å². The van der Waals surface area contributed by atoms with Gasteiger partial charge in [-0.05, 0) is 43.0 Å². The zero-order valence-electron chi connectivity index (χ0n) is 16.2. The summed E-state index contributed by atoms with van der Waals surface area (Å²) in [4.78, 5) is 12.5. The molecule has 144 valence electrons. The van der Waals surface area contributed by atoms with Crippen LogP contribution in [-0.4, -0.2) is 20.1 Å². The van der Waals surface area contributed by atoms with Crippen LogP contribution in [0.15, 0.2) is 65.6 Å². The van der Waals surface area contributed by atoms with E-state index in [0.717, 1.165) is 46.7 Å². The predicted molar refractivity (Wildman–Crippen MR) is 111 cm³/mol. The number of nitrogens with zero attached hydrogens (tertiary/aromatic N) is 4. The first-order valence-corrected chi connectivity index (χ1v) is 9.73. The van der Waals surface area contributed by atoms with Crippen molar-refractivity contribution in [3.8, 4) is 22.5 Å². The summed E-state index contributed by atoms with van der Waals surface area (Å²) in [6, 6.07) is 14.6. The summed E-state index contributed by atoms with van der Waals surface area (Å²) in [5.41, 5.74) is 11.7. The number of benzene rings is 1. The van der Waals surface area contributed by atoms with Crippen LogP contribution in [0.1, 0.15) is 36.2 Å². The molecule has 1 aliphatic rings. The van der Waals surface area contributed by atoms with E-state index in [2.05, 4.69) is 50.4 Å². The number of anilines is 1. The Kier molecular flexibility index (Phi) is 4.12. The summed E-state index contributed by atoms with van der Waals surface area (Å²) in [7, 11) is 0.